The topological polar surface area (TPSA) is 76.4 Å². The number of carbonyl (C=O) groups is 1. The van der Waals surface area contributed by atoms with Crippen molar-refractivity contribution in [3.05, 3.63) is 48.0 Å². The Morgan fingerprint density at radius 1 is 1.43 bits per heavy atom. The number of hydrogen-bond donors (Lipinski definition) is 2. The minimum absolute atomic E-state index is 0.0223. The lowest BCUT2D eigenvalue weighted by atomic mass is 10.2. The third-order valence-electron chi connectivity index (χ3n) is 3.19. The normalized spacial score (nSPS) is 12.0. The molecule has 0 bridgehead atoms. The Bertz CT molecular complexity index is 628. The molecule has 0 aliphatic carbocycles. The van der Waals surface area contributed by atoms with Crippen molar-refractivity contribution in [2.45, 2.75) is 18.9 Å². The van der Waals surface area contributed by atoms with E-state index in [1.165, 1.54) is 24.3 Å². The molecule has 2 N–H and O–H groups in total. The molecule has 1 atom stereocenters. The van der Waals surface area contributed by atoms with Gasteiger partial charge in [-0.25, -0.2) is 4.39 Å². The SMILES string of the molecule is Cn1cc(CCC(=O)NCC(O)COc2ccc(F)cc2)cn1. The maximum absolute atomic E-state index is 12.7. The summed E-state index contributed by atoms with van der Waals surface area (Å²) < 4.78 is 19.7. The molecule has 1 aromatic heterocycles. The number of benzene rings is 1. The van der Waals surface area contributed by atoms with Crippen molar-refractivity contribution in [3.63, 3.8) is 0 Å². The standard InChI is InChI=1S/C16H20FN3O3/c1-20-10-12(8-19-20)2-7-16(22)18-9-14(21)11-23-15-5-3-13(17)4-6-15/h3-6,8,10,14,21H,2,7,9,11H2,1H3,(H,18,22). The lowest BCUT2D eigenvalue weighted by molar-refractivity contribution is -0.121. The van der Waals surface area contributed by atoms with Crippen molar-refractivity contribution >= 4 is 5.91 Å². The first-order valence-electron chi connectivity index (χ1n) is 7.33. The van der Waals surface area contributed by atoms with Crippen LogP contribution in [0.2, 0.25) is 0 Å². The van der Waals surface area contributed by atoms with Gasteiger partial charge in [-0.15, -0.1) is 0 Å². The van der Waals surface area contributed by atoms with Crippen LogP contribution in [0.3, 0.4) is 0 Å². The number of aliphatic hydroxyl groups is 1. The predicted molar refractivity (Wildman–Crippen MR) is 82.4 cm³/mol. The Labute approximate surface area is 133 Å². The van der Waals surface area contributed by atoms with Gasteiger partial charge < -0.3 is 15.2 Å². The summed E-state index contributed by atoms with van der Waals surface area (Å²) in [7, 11) is 1.82. The number of rotatable bonds is 8. The highest BCUT2D eigenvalue weighted by Crippen LogP contribution is 2.11. The van der Waals surface area contributed by atoms with Gasteiger partial charge in [0.2, 0.25) is 5.91 Å². The van der Waals surface area contributed by atoms with E-state index in [9.17, 15) is 14.3 Å². The number of ether oxygens (including phenoxy) is 1. The summed E-state index contributed by atoms with van der Waals surface area (Å²) in [5.74, 6) is -0.0261. The maximum Gasteiger partial charge on any atom is 0.220 e. The average Bonchev–Trinajstić information content (AvgIpc) is 2.96. The summed E-state index contributed by atoms with van der Waals surface area (Å²) in [5, 5.41) is 16.5. The number of amides is 1. The molecule has 0 saturated carbocycles. The largest absolute Gasteiger partial charge is 0.491 e. The third kappa shape index (κ3) is 6.07. The fourth-order valence-corrected chi connectivity index (χ4v) is 1.96. The summed E-state index contributed by atoms with van der Waals surface area (Å²) in [6, 6.07) is 5.52. The van der Waals surface area contributed by atoms with E-state index in [0.29, 0.717) is 18.6 Å². The Balaban J connectivity index is 1.62. The zero-order valence-electron chi connectivity index (χ0n) is 12.9. The molecule has 1 unspecified atom stereocenters. The van der Waals surface area contributed by atoms with Crippen LogP contribution in [0.25, 0.3) is 0 Å². The molecule has 2 aromatic rings. The highest BCUT2D eigenvalue weighted by molar-refractivity contribution is 5.76. The van der Waals surface area contributed by atoms with E-state index in [-0.39, 0.29) is 24.9 Å². The first kappa shape index (κ1) is 17.0. The van der Waals surface area contributed by atoms with Crippen molar-refractivity contribution in [2.75, 3.05) is 13.2 Å². The van der Waals surface area contributed by atoms with Gasteiger partial charge in [0.15, 0.2) is 0 Å². The van der Waals surface area contributed by atoms with Gasteiger partial charge in [-0.3, -0.25) is 9.48 Å². The first-order chi connectivity index (χ1) is 11.0. The third-order valence-corrected chi connectivity index (χ3v) is 3.19. The van der Waals surface area contributed by atoms with E-state index in [1.807, 2.05) is 13.2 Å². The zero-order valence-corrected chi connectivity index (χ0v) is 12.9. The number of carbonyl (C=O) groups excluding carboxylic acids is 1. The van der Waals surface area contributed by atoms with Crippen LogP contribution in [0.15, 0.2) is 36.7 Å². The van der Waals surface area contributed by atoms with E-state index in [4.69, 9.17) is 4.74 Å². The molecule has 124 valence electrons. The van der Waals surface area contributed by atoms with Gasteiger partial charge >= 0.3 is 0 Å². The molecule has 0 aliphatic rings. The number of hydrogen-bond acceptors (Lipinski definition) is 4. The van der Waals surface area contributed by atoms with Crippen LogP contribution in [0.1, 0.15) is 12.0 Å². The summed E-state index contributed by atoms with van der Waals surface area (Å²) in [5.41, 5.74) is 0.989. The van der Waals surface area contributed by atoms with Gasteiger partial charge in [-0.05, 0) is 36.2 Å². The number of nitrogens with zero attached hydrogens (tertiary/aromatic N) is 2. The van der Waals surface area contributed by atoms with Gasteiger partial charge in [-0.2, -0.15) is 5.10 Å². The van der Waals surface area contributed by atoms with Crippen LogP contribution in [-0.4, -0.2) is 40.0 Å². The first-order valence-corrected chi connectivity index (χ1v) is 7.33. The predicted octanol–water partition coefficient (Wildman–Crippen LogP) is 1.05. The highest BCUT2D eigenvalue weighted by atomic mass is 19.1. The molecule has 0 spiro atoms. The number of nitrogens with one attached hydrogen (secondary N) is 1. The van der Waals surface area contributed by atoms with E-state index in [2.05, 4.69) is 10.4 Å². The Hall–Kier alpha value is -2.41. The lowest BCUT2D eigenvalue weighted by Gasteiger charge is -2.13. The number of halogens is 1. The van der Waals surface area contributed by atoms with Crippen molar-refractivity contribution in [1.29, 1.82) is 0 Å². The minimum Gasteiger partial charge on any atom is -0.491 e. The fourth-order valence-electron chi connectivity index (χ4n) is 1.96. The average molecular weight is 321 g/mol. The van der Waals surface area contributed by atoms with Gasteiger partial charge in [-0.1, -0.05) is 0 Å². The number of aliphatic hydroxyl groups excluding tert-OH is 1. The molecular formula is C16H20FN3O3. The van der Waals surface area contributed by atoms with Crippen LogP contribution >= 0.6 is 0 Å². The van der Waals surface area contributed by atoms with E-state index in [0.717, 1.165) is 5.56 Å². The second kappa shape index (κ2) is 8.28. The van der Waals surface area contributed by atoms with E-state index >= 15 is 0 Å². The zero-order chi connectivity index (χ0) is 16.7. The maximum atomic E-state index is 12.7. The molecule has 1 aromatic carbocycles. The van der Waals surface area contributed by atoms with E-state index < -0.39 is 6.10 Å². The Morgan fingerprint density at radius 2 is 2.17 bits per heavy atom. The molecule has 6 nitrogen and oxygen atoms in total. The molecule has 0 saturated heterocycles. The summed E-state index contributed by atoms with van der Waals surface area (Å²) >= 11 is 0. The van der Waals surface area contributed by atoms with Crippen LogP contribution in [0, 0.1) is 5.82 Å². The minimum atomic E-state index is -0.831. The fraction of sp³-hybridized carbons (Fsp3) is 0.375. The molecule has 2 rings (SSSR count). The Kier molecular flexibility index (Phi) is 6.10. The number of aromatic nitrogens is 2. The van der Waals surface area contributed by atoms with Crippen LogP contribution < -0.4 is 10.1 Å². The molecule has 1 heterocycles. The molecule has 0 radical (unpaired) electrons. The molecular weight excluding hydrogens is 301 g/mol. The summed E-state index contributed by atoms with van der Waals surface area (Å²) in [6.45, 7) is 0.127. The quantitative estimate of drug-likeness (QED) is 0.762. The van der Waals surface area contributed by atoms with Gasteiger partial charge in [0.05, 0.1) is 6.20 Å². The highest BCUT2D eigenvalue weighted by Gasteiger charge is 2.09. The lowest BCUT2D eigenvalue weighted by Crippen LogP contribution is -2.35. The molecule has 0 aliphatic heterocycles. The second-order valence-electron chi connectivity index (χ2n) is 5.25. The number of aryl methyl sites for hydroxylation is 2. The van der Waals surface area contributed by atoms with Crippen LogP contribution in [-0.2, 0) is 18.3 Å². The van der Waals surface area contributed by atoms with Gasteiger partial charge in [0, 0.05) is 26.2 Å². The second-order valence-corrected chi connectivity index (χ2v) is 5.25. The Morgan fingerprint density at radius 3 is 2.83 bits per heavy atom. The molecule has 1 amide bonds. The molecule has 23 heavy (non-hydrogen) atoms. The van der Waals surface area contributed by atoms with Gasteiger partial charge in [0.25, 0.3) is 0 Å². The summed E-state index contributed by atoms with van der Waals surface area (Å²) in [6.07, 6.45) is 3.68. The van der Waals surface area contributed by atoms with Crippen molar-refractivity contribution < 1.29 is 19.0 Å². The van der Waals surface area contributed by atoms with Crippen LogP contribution in [0.4, 0.5) is 4.39 Å². The monoisotopic (exact) mass is 321 g/mol. The van der Waals surface area contributed by atoms with Crippen LogP contribution in [0.5, 0.6) is 5.75 Å². The van der Waals surface area contributed by atoms with Crippen molar-refractivity contribution in [2.24, 2.45) is 7.05 Å². The molecule has 0 fully saturated rings. The van der Waals surface area contributed by atoms with Gasteiger partial charge in [0.1, 0.15) is 24.3 Å². The smallest absolute Gasteiger partial charge is 0.220 e. The molecule has 7 heteroatoms. The van der Waals surface area contributed by atoms with E-state index in [1.54, 1.807) is 10.9 Å². The van der Waals surface area contributed by atoms with Crippen molar-refractivity contribution in [1.82, 2.24) is 15.1 Å². The van der Waals surface area contributed by atoms with Crippen molar-refractivity contribution in [3.8, 4) is 5.75 Å². The summed E-state index contributed by atoms with van der Waals surface area (Å²) in [4.78, 5) is 11.7.